The molecule has 10 fully saturated rings. The van der Waals surface area contributed by atoms with Crippen LogP contribution in [0.1, 0.15) is 253 Å². The molecule has 5 aliphatic heterocycles. The smallest absolute Gasteiger partial charge is 0.320 e. The van der Waals surface area contributed by atoms with Crippen LogP contribution in [0.2, 0.25) is 0 Å². The van der Waals surface area contributed by atoms with Gasteiger partial charge in [-0.2, -0.15) is 0 Å². The van der Waals surface area contributed by atoms with Gasteiger partial charge in [-0.25, -0.2) is 0 Å². The molecule has 0 bridgehead atoms. The van der Waals surface area contributed by atoms with Crippen molar-refractivity contribution >= 4 is 35.9 Å². The maximum atomic E-state index is 12.6. The third-order valence-electron chi connectivity index (χ3n) is 18.4. The number of carboxylic acid groups (broad SMARTS) is 1. The molecule has 12 nitrogen and oxygen atoms in total. The molecule has 11 aliphatic rings. The highest BCUT2D eigenvalue weighted by atomic mass is 16.4. The van der Waals surface area contributed by atoms with Gasteiger partial charge in [0.05, 0.1) is 11.8 Å². The van der Waals surface area contributed by atoms with Gasteiger partial charge >= 0.3 is 5.97 Å². The summed E-state index contributed by atoms with van der Waals surface area (Å²) < 4.78 is 0. The van der Waals surface area contributed by atoms with Crippen molar-refractivity contribution in [2.75, 3.05) is 33.8 Å². The van der Waals surface area contributed by atoms with Crippen molar-refractivity contribution in [3.8, 4) is 0 Å². The van der Waals surface area contributed by atoms with E-state index in [2.05, 4.69) is 10.2 Å². The second-order valence-electron chi connectivity index (χ2n) is 23.1. The molecule has 6 saturated carbocycles. The molecule has 0 aromatic rings. The summed E-state index contributed by atoms with van der Waals surface area (Å²) >= 11 is 0. The summed E-state index contributed by atoms with van der Waals surface area (Å²) in [6.45, 7) is 11.9. The van der Waals surface area contributed by atoms with Crippen LogP contribution in [-0.2, 0) is 28.8 Å². The number of amides is 4. The lowest BCUT2D eigenvalue weighted by molar-refractivity contribution is -0.141. The summed E-state index contributed by atoms with van der Waals surface area (Å²) in [7, 11) is 3.13. The van der Waals surface area contributed by atoms with Crippen molar-refractivity contribution in [3.05, 3.63) is 12.2 Å². The Morgan fingerprint density at radius 3 is 1.17 bits per heavy atom. The number of aliphatic hydroxyl groups excluding tert-OH is 1. The quantitative estimate of drug-likeness (QED) is 0.178. The van der Waals surface area contributed by atoms with Crippen molar-refractivity contribution < 1.29 is 39.0 Å². The largest absolute Gasteiger partial charge is 0.480 e. The Kier molecular flexibility index (Phi) is 34.1. The molecular weight excluding hydrogens is 941 g/mol. The zero-order chi connectivity index (χ0) is 55.0. The highest BCUT2D eigenvalue weighted by molar-refractivity contribution is 6.12. The van der Waals surface area contributed by atoms with Crippen LogP contribution in [0.15, 0.2) is 12.2 Å². The summed E-state index contributed by atoms with van der Waals surface area (Å²) in [6.07, 6.45) is 51.1. The minimum absolute atomic E-state index is 0.0260. The number of aliphatic carboxylic acids is 1. The van der Waals surface area contributed by atoms with Gasteiger partial charge in [0.1, 0.15) is 12.3 Å². The number of likely N-dealkylation sites (N-methyl/N-ethyl adjacent to an activating group) is 1. The molecule has 5 atom stereocenters. The summed E-state index contributed by atoms with van der Waals surface area (Å²) in [5.74, 6) is 4.54. The summed E-state index contributed by atoms with van der Waals surface area (Å²) in [6, 6.07) is 0.442. The maximum absolute atomic E-state index is 12.6. The van der Waals surface area contributed by atoms with Gasteiger partial charge in [0.25, 0.3) is 11.8 Å². The second kappa shape index (κ2) is 38.6. The van der Waals surface area contributed by atoms with Gasteiger partial charge in [0.15, 0.2) is 0 Å². The van der Waals surface area contributed by atoms with Crippen LogP contribution in [0, 0.1) is 47.3 Å². The number of carbonyl (C=O) groups is 6. The SMILES string of the molecule is C1CCC(C2CCCCC2)CC1.C1CCC(C2CCCCC2)CC1.CC.CC.CCO.CN1C(=O)C2C(C1=O)C(C1CCCCC1)N1CCCC21.CN1C(=O)C=CC1=O.O=C(O)[C@@H]1CCCN1.O=CC1CCCCC1. The molecule has 5 heterocycles. The fraction of sp³-hybridized carbons (Fsp3) is 0.873. The summed E-state index contributed by atoms with van der Waals surface area (Å²) in [4.78, 5) is 71.1. The molecule has 4 saturated heterocycles. The highest BCUT2D eigenvalue weighted by Crippen LogP contribution is 2.50. The van der Waals surface area contributed by atoms with E-state index in [4.69, 9.17) is 10.2 Å². The minimum atomic E-state index is -0.720. The molecule has 4 unspecified atom stereocenters. The lowest BCUT2D eigenvalue weighted by atomic mass is 9.73. The average Bonchev–Trinajstić information content (AvgIpc) is 4.34. The van der Waals surface area contributed by atoms with Crippen molar-refractivity contribution in [3.63, 3.8) is 0 Å². The van der Waals surface area contributed by atoms with Gasteiger partial charge in [-0.05, 0) is 101 Å². The van der Waals surface area contributed by atoms with E-state index in [1.807, 2.05) is 27.7 Å². The number of hydrogen-bond donors (Lipinski definition) is 3. The molecule has 0 aromatic heterocycles. The van der Waals surface area contributed by atoms with Gasteiger partial charge in [0, 0.05) is 50.9 Å². The molecular formula is C63H112N4O8. The molecule has 75 heavy (non-hydrogen) atoms. The van der Waals surface area contributed by atoms with Crippen molar-refractivity contribution in [1.82, 2.24) is 20.0 Å². The topological polar surface area (TPSA) is 165 Å². The fourth-order valence-electron chi connectivity index (χ4n) is 14.5. The van der Waals surface area contributed by atoms with E-state index in [0.717, 1.165) is 80.1 Å². The molecule has 11 rings (SSSR count). The van der Waals surface area contributed by atoms with Crippen LogP contribution in [0.3, 0.4) is 0 Å². The minimum Gasteiger partial charge on any atom is -0.480 e. The number of likely N-dealkylation sites (tertiary alicyclic amines) is 1. The van der Waals surface area contributed by atoms with Gasteiger partial charge in [-0.15, -0.1) is 0 Å². The Morgan fingerprint density at radius 1 is 0.520 bits per heavy atom. The number of imide groups is 2. The molecule has 3 N–H and O–H groups in total. The summed E-state index contributed by atoms with van der Waals surface area (Å²) in [5, 5.41) is 18.8. The molecule has 0 spiro atoms. The number of nitrogens with zero attached hydrogens (tertiary/aromatic N) is 3. The Labute approximate surface area is 457 Å². The van der Waals surface area contributed by atoms with Crippen LogP contribution in [0.25, 0.3) is 0 Å². The molecule has 4 amide bonds. The fourth-order valence-corrected chi connectivity index (χ4v) is 14.5. The Balaban J connectivity index is 0.000000240. The van der Waals surface area contributed by atoms with Crippen molar-refractivity contribution in [2.45, 2.75) is 271 Å². The number of aliphatic hydroxyl groups is 1. The van der Waals surface area contributed by atoms with Gasteiger partial charge < -0.3 is 20.3 Å². The standard InChI is InChI=1S/C16H24N2O2.2C12H22.C7H12O.C5H5NO2.C5H9NO2.C2H6O.2C2H6/c1-17-15(19)12-11-8-5-9-18(11)14(13(12)16(17)20)10-6-3-2-4-7-10;2*1-3-7-11(8-4-1)12-9-5-2-6-10-12;8-6-7-4-2-1-3-5-7;1-6-4(7)2-3-5(6)8;7-5(8)4-2-1-3-6-4;1-2-3;2*1-2/h10-14H,2-9H2,1H3;2*11-12H,1-10H2;6-7H,1-5H2;2-3H,1H3;4,6H,1-3H2,(H,7,8);3H,2H2,1H3;2*1-2H3/t;;;;;4-;;;/m.....0.../s1. The van der Waals surface area contributed by atoms with Gasteiger partial charge in [0.2, 0.25) is 11.8 Å². The predicted octanol–water partition coefficient (Wildman–Crippen LogP) is 13.1. The molecule has 6 aliphatic carbocycles. The Morgan fingerprint density at radius 2 is 0.880 bits per heavy atom. The third-order valence-corrected chi connectivity index (χ3v) is 18.4. The van der Waals surface area contributed by atoms with Crippen LogP contribution in [-0.4, -0.2) is 113 Å². The van der Waals surface area contributed by atoms with E-state index in [1.165, 1.54) is 159 Å². The first-order valence-corrected chi connectivity index (χ1v) is 31.6. The molecule has 12 heteroatoms. The lowest BCUT2D eigenvalue weighted by Crippen LogP contribution is -2.45. The predicted molar refractivity (Wildman–Crippen MR) is 305 cm³/mol. The molecule has 0 aromatic carbocycles. The van der Waals surface area contributed by atoms with Crippen LogP contribution in [0.5, 0.6) is 0 Å². The number of carbonyl (C=O) groups excluding carboxylic acids is 5. The van der Waals surface area contributed by atoms with Gasteiger partial charge in [-0.3, -0.25) is 38.7 Å². The first-order chi connectivity index (χ1) is 36.5. The van der Waals surface area contributed by atoms with Crippen molar-refractivity contribution in [1.29, 1.82) is 0 Å². The maximum Gasteiger partial charge on any atom is 0.320 e. The van der Waals surface area contributed by atoms with E-state index in [-0.39, 0.29) is 48.1 Å². The first kappa shape index (κ1) is 66.3. The monoisotopic (exact) mass is 1050 g/mol. The van der Waals surface area contributed by atoms with E-state index in [9.17, 15) is 28.8 Å². The number of aldehydes is 1. The highest BCUT2D eigenvalue weighted by Gasteiger charge is 2.63. The zero-order valence-corrected chi connectivity index (χ0v) is 48.9. The van der Waals surface area contributed by atoms with Crippen LogP contribution in [0.4, 0.5) is 0 Å². The average molecular weight is 1050 g/mol. The van der Waals surface area contributed by atoms with E-state index < -0.39 is 5.97 Å². The Hall–Kier alpha value is -2.96. The summed E-state index contributed by atoms with van der Waals surface area (Å²) in [5.41, 5.74) is 0. The normalized spacial score (nSPS) is 28.4. The van der Waals surface area contributed by atoms with E-state index in [1.54, 1.807) is 65.3 Å². The van der Waals surface area contributed by atoms with E-state index in [0.29, 0.717) is 23.9 Å². The third kappa shape index (κ3) is 21.7. The zero-order valence-electron chi connectivity index (χ0n) is 48.9. The van der Waals surface area contributed by atoms with E-state index >= 15 is 0 Å². The Bertz CT molecular complexity index is 1530. The number of rotatable bonds is 5. The molecule has 432 valence electrons. The number of nitrogens with one attached hydrogen (secondary N) is 1. The lowest BCUT2D eigenvalue weighted by Gasteiger charge is -2.36. The second-order valence-corrected chi connectivity index (χ2v) is 23.1. The van der Waals surface area contributed by atoms with Crippen LogP contribution >= 0.6 is 0 Å². The van der Waals surface area contributed by atoms with Crippen molar-refractivity contribution in [2.24, 2.45) is 47.3 Å². The first-order valence-electron chi connectivity index (χ1n) is 31.6. The number of fused-ring (bicyclic) bond motifs is 3. The van der Waals surface area contributed by atoms with Gasteiger partial charge in [-0.1, -0.05) is 195 Å². The van der Waals surface area contributed by atoms with Crippen LogP contribution < -0.4 is 5.32 Å². The number of carboxylic acids is 1. The molecule has 0 radical (unpaired) electrons. The number of hydrogen-bond acceptors (Lipinski definition) is 9.